The van der Waals surface area contributed by atoms with Gasteiger partial charge in [0.1, 0.15) is 6.61 Å². The van der Waals surface area contributed by atoms with Crippen LogP contribution in [0.3, 0.4) is 0 Å². The molecule has 3 N–H and O–H groups in total. The number of aliphatic carboxylic acids is 1. The van der Waals surface area contributed by atoms with E-state index in [4.69, 9.17) is 26.5 Å². The second kappa shape index (κ2) is 15.5. The van der Waals surface area contributed by atoms with Gasteiger partial charge < -0.3 is 30.0 Å². The summed E-state index contributed by atoms with van der Waals surface area (Å²) in [6.07, 6.45) is -2.38. The number of carbonyl (C=O) groups is 4. The molecule has 0 spiro atoms. The lowest BCUT2D eigenvalue weighted by molar-refractivity contribution is -0.177. The minimum absolute atomic E-state index is 0.0498. The summed E-state index contributed by atoms with van der Waals surface area (Å²) in [5.74, 6) is -3.40. The standard InChI is InChI=1S/C25H27NO8.C9H10N2/c1-16(27)34-21(23(29)30)20-22(28)26(12-13-32-20)19-11-7-10-18(14-19)25(2,3)24(31)33-15-17-8-5-4-6-9-17;1-3-7-6-8(10)4-5-9(7)11-2/h4-11,14,20-21H,12-13,15H2,1-3H3,(H,29,30);4-6H,3,10H2,1H3/t20-,21-;/m1./s1. The van der Waals surface area contributed by atoms with Gasteiger partial charge in [-0.15, -0.1) is 0 Å². The van der Waals surface area contributed by atoms with Crippen molar-refractivity contribution in [1.29, 1.82) is 0 Å². The number of rotatable bonds is 9. The molecule has 0 aliphatic carbocycles. The summed E-state index contributed by atoms with van der Waals surface area (Å²) in [6.45, 7) is 13.7. The predicted octanol–water partition coefficient (Wildman–Crippen LogP) is 4.84. The Morgan fingerprint density at radius 1 is 1.11 bits per heavy atom. The van der Waals surface area contributed by atoms with E-state index in [0.717, 1.165) is 30.2 Å². The van der Waals surface area contributed by atoms with E-state index in [9.17, 15) is 24.3 Å². The number of morpholine rings is 1. The van der Waals surface area contributed by atoms with Gasteiger partial charge in [0, 0.05) is 24.8 Å². The van der Waals surface area contributed by atoms with Crippen LogP contribution in [0.15, 0.2) is 72.8 Å². The number of benzene rings is 3. The van der Waals surface area contributed by atoms with Gasteiger partial charge in [0.05, 0.1) is 18.6 Å². The summed E-state index contributed by atoms with van der Waals surface area (Å²) in [6, 6.07) is 21.5. The monoisotopic (exact) mass is 615 g/mol. The number of nitrogens with two attached hydrogens (primary N) is 1. The summed E-state index contributed by atoms with van der Waals surface area (Å²) in [7, 11) is 0. The third-order valence-electron chi connectivity index (χ3n) is 7.14. The van der Waals surface area contributed by atoms with Gasteiger partial charge in [-0.1, -0.05) is 55.5 Å². The van der Waals surface area contributed by atoms with Crippen molar-refractivity contribution in [3.63, 3.8) is 0 Å². The number of hydrogen-bond acceptors (Lipinski definition) is 8. The van der Waals surface area contributed by atoms with Gasteiger partial charge in [-0.3, -0.25) is 14.4 Å². The van der Waals surface area contributed by atoms with Crippen LogP contribution in [0.4, 0.5) is 17.1 Å². The van der Waals surface area contributed by atoms with Gasteiger partial charge in [0.25, 0.3) is 5.91 Å². The number of amides is 1. The SMILES string of the molecule is CC(=O)O[C@@H](C(=O)O)[C@H]1OCCN(c2cccc(C(C)(C)C(=O)OCc3ccccc3)c2)C1=O.[C-]#[N+]c1ccc(N)cc1CC. The first-order valence-electron chi connectivity index (χ1n) is 14.3. The van der Waals surface area contributed by atoms with Crippen LogP contribution in [-0.4, -0.2) is 54.3 Å². The highest BCUT2D eigenvalue weighted by molar-refractivity contribution is 6.00. The van der Waals surface area contributed by atoms with E-state index in [0.29, 0.717) is 16.9 Å². The maximum atomic E-state index is 13.1. The highest BCUT2D eigenvalue weighted by atomic mass is 16.6. The Balaban J connectivity index is 0.000000423. The van der Waals surface area contributed by atoms with Crippen LogP contribution in [0.1, 0.15) is 44.4 Å². The number of carboxylic acids is 1. The lowest BCUT2D eigenvalue weighted by atomic mass is 9.84. The van der Waals surface area contributed by atoms with Crippen LogP contribution < -0.4 is 10.6 Å². The van der Waals surface area contributed by atoms with Gasteiger partial charge in [-0.2, -0.15) is 0 Å². The third-order valence-corrected chi connectivity index (χ3v) is 7.14. The van der Waals surface area contributed by atoms with Crippen molar-refractivity contribution in [1.82, 2.24) is 0 Å². The Kier molecular flexibility index (Phi) is 11.8. The molecule has 3 aromatic rings. The molecule has 11 nitrogen and oxygen atoms in total. The zero-order chi connectivity index (χ0) is 33.1. The molecule has 11 heteroatoms. The summed E-state index contributed by atoms with van der Waals surface area (Å²) < 4.78 is 15.7. The first-order chi connectivity index (χ1) is 21.4. The number of nitrogen functional groups attached to an aromatic ring is 1. The molecule has 236 valence electrons. The van der Waals surface area contributed by atoms with Crippen molar-refractivity contribution >= 4 is 40.9 Å². The zero-order valence-electron chi connectivity index (χ0n) is 25.7. The van der Waals surface area contributed by atoms with Gasteiger partial charge in [-0.25, -0.2) is 9.64 Å². The first kappa shape index (κ1) is 34.3. The number of aryl methyl sites for hydroxylation is 1. The summed E-state index contributed by atoms with van der Waals surface area (Å²) in [5.41, 5.74) is 8.96. The van der Waals surface area contributed by atoms with Crippen LogP contribution in [-0.2, 0) is 51.8 Å². The smallest absolute Gasteiger partial charge is 0.348 e. The zero-order valence-corrected chi connectivity index (χ0v) is 25.7. The molecule has 1 amide bonds. The van der Waals surface area contributed by atoms with Crippen LogP contribution in [0.2, 0.25) is 0 Å². The van der Waals surface area contributed by atoms with Crippen molar-refractivity contribution in [2.24, 2.45) is 0 Å². The highest BCUT2D eigenvalue weighted by Crippen LogP contribution is 2.30. The molecule has 0 saturated carbocycles. The quantitative estimate of drug-likeness (QED) is 0.196. The van der Waals surface area contributed by atoms with Crippen LogP contribution >= 0.6 is 0 Å². The fourth-order valence-electron chi connectivity index (χ4n) is 4.58. The average molecular weight is 616 g/mol. The molecule has 0 aromatic heterocycles. The molecule has 0 bridgehead atoms. The molecule has 0 radical (unpaired) electrons. The molecule has 4 rings (SSSR count). The summed E-state index contributed by atoms with van der Waals surface area (Å²) in [4.78, 5) is 53.6. The Labute approximate surface area is 262 Å². The van der Waals surface area contributed by atoms with E-state index < -0.39 is 41.4 Å². The lowest BCUT2D eigenvalue weighted by Crippen LogP contribution is -2.55. The van der Waals surface area contributed by atoms with E-state index in [1.807, 2.05) is 43.3 Å². The molecule has 1 aliphatic heterocycles. The number of hydrogen-bond donors (Lipinski definition) is 2. The van der Waals surface area contributed by atoms with Gasteiger partial charge >= 0.3 is 17.9 Å². The van der Waals surface area contributed by atoms with Crippen molar-refractivity contribution in [2.45, 2.75) is 58.3 Å². The molecule has 1 aliphatic rings. The minimum atomic E-state index is -1.76. The molecule has 1 fully saturated rings. The van der Waals surface area contributed by atoms with E-state index >= 15 is 0 Å². The molecule has 45 heavy (non-hydrogen) atoms. The van der Waals surface area contributed by atoms with Gasteiger partial charge in [0.15, 0.2) is 11.8 Å². The molecule has 3 aromatic carbocycles. The fourth-order valence-corrected chi connectivity index (χ4v) is 4.58. The van der Waals surface area contributed by atoms with E-state index in [-0.39, 0.29) is 19.8 Å². The van der Waals surface area contributed by atoms with Crippen molar-refractivity contribution in [3.8, 4) is 0 Å². The van der Waals surface area contributed by atoms with Crippen LogP contribution in [0, 0.1) is 6.57 Å². The molecule has 1 saturated heterocycles. The van der Waals surface area contributed by atoms with E-state index in [1.54, 1.807) is 50.2 Å². The molecule has 2 atom stereocenters. The number of carboxylic acid groups (broad SMARTS) is 1. The molecule has 1 heterocycles. The number of ether oxygens (including phenoxy) is 3. The first-order valence-corrected chi connectivity index (χ1v) is 14.3. The Morgan fingerprint density at radius 2 is 1.82 bits per heavy atom. The van der Waals surface area contributed by atoms with E-state index in [2.05, 4.69) is 4.85 Å². The largest absolute Gasteiger partial charge is 0.478 e. The van der Waals surface area contributed by atoms with Crippen LogP contribution in [0.25, 0.3) is 4.85 Å². The average Bonchev–Trinajstić information content (AvgIpc) is 3.03. The Morgan fingerprint density at radius 3 is 2.44 bits per heavy atom. The lowest BCUT2D eigenvalue weighted by Gasteiger charge is -2.35. The summed E-state index contributed by atoms with van der Waals surface area (Å²) >= 11 is 0. The number of anilines is 2. The predicted molar refractivity (Wildman–Crippen MR) is 167 cm³/mol. The summed E-state index contributed by atoms with van der Waals surface area (Å²) in [5, 5.41) is 9.41. The molecular formula is C34H37N3O8. The fraction of sp³-hybridized carbons (Fsp3) is 0.324. The van der Waals surface area contributed by atoms with Crippen molar-refractivity contribution in [3.05, 3.63) is 101 Å². The number of nitrogens with zero attached hydrogens (tertiary/aromatic N) is 2. The normalized spacial score (nSPS) is 15.1. The maximum Gasteiger partial charge on any atom is 0.348 e. The minimum Gasteiger partial charge on any atom is -0.478 e. The van der Waals surface area contributed by atoms with E-state index in [1.165, 1.54) is 4.90 Å². The topological polar surface area (TPSA) is 150 Å². The van der Waals surface area contributed by atoms with Crippen molar-refractivity contribution < 1.29 is 38.5 Å². The second-order valence-corrected chi connectivity index (χ2v) is 10.7. The Hall–Kier alpha value is -5.21. The third kappa shape index (κ3) is 8.90. The Bertz CT molecular complexity index is 1570. The van der Waals surface area contributed by atoms with Gasteiger partial charge in [-0.05, 0) is 61.2 Å². The maximum absolute atomic E-state index is 13.1. The van der Waals surface area contributed by atoms with Crippen LogP contribution in [0.5, 0.6) is 0 Å². The number of carbonyl (C=O) groups excluding carboxylic acids is 3. The van der Waals surface area contributed by atoms with Crippen molar-refractivity contribution in [2.75, 3.05) is 23.8 Å². The highest BCUT2D eigenvalue weighted by Gasteiger charge is 2.43. The van der Waals surface area contributed by atoms with Gasteiger partial charge in [0.2, 0.25) is 6.10 Å². The molecule has 0 unspecified atom stereocenters. The molecular weight excluding hydrogens is 578 g/mol. The number of esters is 2. The second-order valence-electron chi connectivity index (χ2n) is 10.7.